The van der Waals surface area contributed by atoms with E-state index in [0.717, 1.165) is 5.56 Å². The van der Waals surface area contributed by atoms with Crippen molar-refractivity contribution in [3.63, 3.8) is 0 Å². The van der Waals surface area contributed by atoms with Crippen LogP contribution in [-0.2, 0) is 59.9 Å². The van der Waals surface area contributed by atoms with Crippen molar-refractivity contribution in [1.29, 1.82) is 0 Å². The monoisotopic (exact) mass is 854 g/mol. The highest BCUT2D eigenvalue weighted by atomic mass is 31.1. The first-order valence-corrected chi connectivity index (χ1v) is 20.1. The van der Waals surface area contributed by atoms with Crippen molar-refractivity contribution in [2.75, 3.05) is 0 Å². The average molecular weight is 855 g/mol. The second-order valence-electron chi connectivity index (χ2n) is 13.5. The zero-order valence-electron chi connectivity index (χ0n) is 32.6. The lowest BCUT2D eigenvalue weighted by Gasteiger charge is -2.36. The van der Waals surface area contributed by atoms with E-state index in [1.807, 2.05) is 30.3 Å². The summed E-state index contributed by atoms with van der Waals surface area (Å²) in [6.45, 7) is 3.30. The van der Waals surface area contributed by atoms with Crippen LogP contribution in [0.15, 0.2) is 152 Å². The van der Waals surface area contributed by atoms with E-state index >= 15 is 0 Å². The second-order valence-corrected chi connectivity index (χ2v) is 14.2. The first-order valence-electron chi connectivity index (χ1n) is 18.5. The van der Waals surface area contributed by atoms with Crippen LogP contribution < -0.4 is 10.6 Å². The van der Waals surface area contributed by atoms with E-state index in [4.69, 9.17) is 24.0 Å². The highest BCUT2D eigenvalue weighted by molar-refractivity contribution is 7.17. The fourth-order valence-corrected chi connectivity index (χ4v) is 7.22. The van der Waals surface area contributed by atoms with Gasteiger partial charge in [-0.05, 0) is 20.6 Å². The van der Waals surface area contributed by atoms with Crippen LogP contribution in [-0.4, -0.2) is 52.0 Å². The number of carboxylic acid groups (broad SMARTS) is 2. The molecule has 0 heterocycles. The molecule has 14 nitrogen and oxygen atoms in total. The molecule has 0 spiro atoms. The molecule has 0 aliphatic heterocycles. The van der Waals surface area contributed by atoms with Crippen LogP contribution in [0.1, 0.15) is 48.1 Å². The molecule has 310 valence electrons. The predicted molar refractivity (Wildman–Crippen MR) is 223 cm³/mol. The molecule has 0 radical (unpaired) electrons. The molecule has 5 rings (SSSR count). The normalized spacial score (nSPS) is 12.3. The van der Waals surface area contributed by atoms with Crippen LogP contribution in [0.3, 0.4) is 0 Å². The highest BCUT2D eigenvalue weighted by Gasteiger charge is 2.61. The molecule has 0 fully saturated rings. The molecule has 2 amide bonds. The van der Waals surface area contributed by atoms with Gasteiger partial charge in [0.1, 0.15) is 18.7 Å². The van der Waals surface area contributed by atoms with Crippen LogP contribution in [0.2, 0.25) is 0 Å². The summed E-state index contributed by atoms with van der Waals surface area (Å²) in [5.41, 5.74) is -0.956. The molecule has 2 unspecified atom stereocenters. The maximum Gasteiger partial charge on any atom is 0.495 e. The number of benzene rings is 5. The van der Waals surface area contributed by atoms with Crippen LogP contribution in [0.4, 0.5) is 4.79 Å². The van der Waals surface area contributed by atoms with Crippen molar-refractivity contribution in [2.24, 2.45) is 5.92 Å². The maximum atomic E-state index is 15.0. The molecule has 4 atom stereocenters. The number of amides is 2. The smallest absolute Gasteiger partial charge is 0.481 e. The molecule has 60 heavy (non-hydrogen) atoms. The minimum atomic E-state index is -1.81. The Hall–Kier alpha value is -6.43. The first-order chi connectivity index (χ1) is 28.9. The molecular weight excluding hydrogens is 810 g/mol. The van der Waals surface area contributed by atoms with Crippen LogP contribution in [0, 0.1) is 5.92 Å². The number of Topliss-reactive ketones (excluding diaryl/α,β-unsaturated/α-hetero) is 1. The van der Waals surface area contributed by atoms with Crippen molar-refractivity contribution in [3.8, 4) is 0 Å². The van der Waals surface area contributed by atoms with Crippen molar-refractivity contribution in [1.82, 2.24) is 10.6 Å². The average Bonchev–Trinajstić information content (AvgIpc) is 3.27. The molecule has 5 aromatic carbocycles. The van der Waals surface area contributed by atoms with E-state index in [-0.39, 0.29) is 12.5 Å². The third kappa shape index (κ3) is 11.6. The summed E-state index contributed by atoms with van der Waals surface area (Å²) < 4.78 is 41.1. The van der Waals surface area contributed by atoms with E-state index in [1.165, 1.54) is 0 Å². The second kappa shape index (κ2) is 22.6. The molecule has 0 saturated heterocycles. The quantitative estimate of drug-likeness (QED) is 0.0602. The molecule has 0 aliphatic rings. The number of carboxylic acids is 2. The van der Waals surface area contributed by atoms with Gasteiger partial charge in [0.2, 0.25) is 22.9 Å². The summed E-state index contributed by atoms with van der Waals surface area (Å²) in [5.74, 6) is -4.59. The number of ether oxygens (including phenoxy) is 1. The Morgan fingerprint density at radius 1 is 0.583 bits per heavy atom. The van der Waals surface area contributed by atoms with E-state index in [2.05, 4.69) is 10.6 Å². The van der Waals surface area contributed by atoms with E-state index < -0.39 is 76.8 Å². The number of carbonyl (C=O) groups excluding carboxylic acids is 3. The van der Waals surface area contributed by atoms with Crippen molar-refractivity contribution < 1.29 is 57.1 Å². The summed E-state index contributed by atoms with van der Waals surface area (Å²) in [6.07, 6.45) is -1.61. The number of ketones is 1. The third-order valence-electron chi connectivity index (χ3n) is 9.18. The Bertz CT molecular complexity index is 2020. The molecule has 16 heteroatoms. The van der Waals surface area contributed by atoms with Gasteiger partial charge < -0.3 is 25.6 Å². The van der Waals surface area contributed by atoms with Gasteiger partial charge in [-0.3, -0.25) is 14.4 Å². The minimum absolute atomic E-state index is 0.00979. The van der Waals surface area contributed by atoms with Gasteiger partial charge in [0.15, 0.2) is 0 Å². The third-order valence-corrected chi connectivity index (χ3v) is 9.96. The maximum absolute atomic E-state index is 15.0. The number of nitrogens with one attached hydrogen (secondary N) is 2. The van der Waals surface area contributed by atoms with Gasteiger partial charge in [0.25, 0.3) is 0 Å². The van der Waals surface area contributed by atoms with E-state index in [0.29, 0.717) is 22.3 Å². The SMILES string of the molecule is CC(C)[C@H](NC(=O)OCc1ccccc1)C(=O)N[C@H](CC(=O)O)C(=O)O.O=[PH+]OC(C(=O)C(O[PH+]=O)(c1ccccc1)c1ccccc1)(c1ccccc1)c1ccccc1. The van der Waals surface area contributed by atoms with Gasteiger partial charge >= 0.3 is 35.4 Å². The zero-order chi connectivity index (χ0) is 43.5. The molecule has 0 bridgehead atoms. The highest BCUT2D eigenvalue weighted by Crippen LogP contribution is 2.48. The molecule has 0 aromatic heterocycles. The summed E-state index contributed by atoms with van der Waals surface area (Å²) in [5, 5.41) is 22.2. The Morgan fingerprint density at radius 3 is 1.27 bits per heavy atom. The predicted octanol–water partition coefficient (Wildman–Crippen LogP) is 7.34. The van der Waals surface area contributed by atoms with Crippen molar-refractivity contribution in [3.05, 3.63) is 179 Å². The number of aliphatic carboxylic acids is 2. The molecule has 5 aromatic rings. The molecule has 0 saturated carbocycles. The lowest BCUT2D eigenvalue weighted by molar-refractivity contribution is -0.147. The molecule has 4 N–H and O–H groups in total. The van der Waals surface area contributed by atoms with Gasteiger partial charge in [-0.25, -0.2) is 9.59 Å². The number of hydrogen-bond donors (Lipinski definition) is 4. The summed E-state index contributed by atoms with van der Waals surface area (Å²) in [4.78, 5) is 60.9. The molecular formula is C44H44N2O12P2+2. The van der Waals surface area contributed by atoms with Crippen LogP contribution in [0.5, 0.6) is 0 Å². The Morgan fingerprint density at radius 2 is 0.950 bits per heavy atom. The topological polar surface area (TPSA) is 212 Å². The Kier molecular flexibility index (Phi) is 17.5. The number of carbonyl (C=O) groups is 5. The largest absolute Gasteiger partial charge is 0.495 e. The standard InChI is InChI=1S/C27H22O5P2.C17H22N2O7/c28-25(26(31-33-29,21-13-5-1-6-14-21)22-15-7-2-8-16-22)27(32-34-30,23-17-9-3-10-18-23)24-19-11-4-12-20-24;1-10(2)14(15(22)18-12(16(23)24)8-13(20)21)19-17(25)26-9-11-6-4-3-5-7-11/h1-20,33-34H;3-7,10,12,14H,8-9H2,1-2H3,(H,18,22)(H,19,25)(H,20,21)(H,23,24)/q+2;/t;12-,14+/m.1/s1. The van der Waals surface area contributed by atoms with Gasteiger partial charge in [-0.2, -0.15) is 0 Å². The summed E-state index contributed by atoms with van der Waals surface area (Å²) >= 11 is 0. The fourth-order valence-electron chi connectivity index (χ4n) is 6.31. The minimum Gasteiger partial charge on any atom is -0.481 e. The van der Waals surface area contributed by atoms with Gasteiger partial charge in [0.05, 0.1) is 6.42 Å². The van der Waals surface area contributed by atoms with Gasteiger partial charge in [-0.1, -0.05) is 166 Å². The van der Waals surface area contributed by atoms with Crippen molar-refractivity contribution >= 4 is 47.1 Å². The van der Waals surface area contributed by atoms with Crippen LogP contribution in [0.25, 0.3) is 0 Å². The first kappa shape index (κ1) is 46.3. The number of alkyl carbamates (subject to hydrolysis) is 1. The van der Waals surface area contributed by atoms with E-state index in [1.54, 1.807) is 135 Å². The van der Waals surface area contributed by atoms with Gasteiger partial charge in [0, 0.05) is 22.3 Å². The number of rotatable bonds is 19. The Labute approximate surface area is 349 Å². The van der Waals surface area contributed by atoms with Crippen LogP contribution >= 0.6 is 17.4 Å². The summed E-state index contributed by atoms with van der Waals surface area (Å²) in [6, 6.07) is 41.7. The zero-order valence-corrected chi connectivity index (χ0v) is 34.6. The van der Waals surface area contributed by atoms with Gasteiger partial charge in [-0.15, -0.1) is 9.05 Å². The number of hydrogen-bond acceptors (Lipinski definition) is 10. The molecule has 0 aliphatic carbocycles. The van der Waals surface area contributed by atoms with E-state index in [9.17, 15) is 33.1 Å². The fraction of sp³-hybridized carbons (Fsp3) is 0.205. The Balaban J connectivity index is 0.000000276. The summed E-state index contributed by atoms with van der Waals surface area (Å²) in [7, 11) is -2.51. The van der Waals surface area contributed by atoms with Crippen molar-refractivity contribution in [2.45, 2.75) is 50.2 Å². The lowest BCUT2D eigenvalue weighted by atomic mass is 9.71. The lowest BCUT2D eigenvalue weighted by Crippen LogP contribution is -2.54.